The highest BCUT2D eigenvalue weighted by atomic mass is 32.2. The quantitative estimate of drug-likeness (QED) is 0.643. The molecule has 1 aliphatic rings. The Balaban J connectivity index is 2.59. The number of aliphatic hydroxyl groups is 1. The van der Waals surface area contributed by atoms with E-state index in [1.54, 1.807) is 16.7 Å². The maximum absolute atomic E-state index is 11.8. The van der Waals surface area contributed by atoms with Gasteiger partial charge in [0, 0.05) is 18.9 Å². The van der Waals surface area contributed by atoms with Crippen LogP contribution in [0.25, 0.3) is 0 Å². The Hall–Kier alpha value is -0.310. The molecule has 0 saturated carbocycles. The van der Waals surface area contributed by atoms with Gasteiger partial charge in [0.2, 0.25) is 15.9 Å². The van der Waals surface area contributed by atoms with E-state index in [0.29, 0.717) is 13.0 Å². The summed E-state index contributed by atoms with van der Waals surface area (Å²) >= 11 is 1.65. The van der Waals surface area contributed by atoms with E-state index in [-0.39, 0.29) is 36.6 Å². The highest BCUT2D eigenvalue weighted by molar-refractivity contribution is 7.98. The molecule has 1 amide bonds. The average molecular weight is 296 g/mol. The fourth-order valence-electron chi connectivity index (χ4n) is 2.20. The Morgan fingerprint density at radius 2 is 2.28 bits per heavy atom. The molecule has 2 atom stereocenters. The molecule has 1 heterocycles. The number of sulfonamides is 1. The third kappa shape index (κ3) is 4.75. The van der Waals surface area contributed by atoms with E-state index in [4.69, 9.17) is 5.14 Å². The number of amides is 1. The van der Waals surface area contributed by atoms with E-state index in [2.05, 4.69) is 0 Å². The molecule has 3 N–H and O–H groups in total. The smallest absolute Gasteiger partial charge is 0.223 e. The van der Waals surface area contributed by atoms with E-state index in [9.17, 15) is 18.3 Å². The molecular weight excluding hydrogens is 276 g/mol. The average Bonchev–Trinajstić information content (AvgIpc) is 2.58. The number of nitrogens with two attached hydrogens (primary N) is 1. The zero-order chi connectivity index (χ0) is 13.8. The number of carbonyl (C=O) groups excluding carboxylic acids is 1. The number of hydrogen-bond donors (Lipinski definition) is 2. The molecule has 0 aliphatic carbocycles. The lowest BCUT2D eigenvalue weighted by molar-refractivity contribution is -0.130. The Labute approximate surface area is 112 Å². The maximum atomic E-state index is 11.8. The Morgan fingerprint density at radius 3 is 2.78 bits per heavy atom. The van der Waals surface area contributed by atoms with Crippen molar-refractivity contribution in [3.05, 3.63) is 0 Å². The minimum absolute atomic E-state index is 0.0889. The lowest BCUT2D eigenvalue weighted by atomic mass is 10.1. The monoisotopic (exact) mass is 296 g/mol. The molecule has 1 unspecified atom stereocenters. The Kier molecular flexibility index (Phi) is 5.90. The molecule has 0 aromatic heterocycles. The molecule has 18 heavy (non-hydrogen) atoms. The number of rotatable bonds is 7. The van der Waals surface area contributed by atoms with E-state index < -0.39 is 10.0 Å². The molecule has 0 aromatic rings. The fraction of sp³-hybridized carbons (Fsp3) is 0.900. The number of thioether (sulfide) groups is 1. The number of hydrogen-bond acceptors (Lipinski definition) is 5. The SMILES string of the molecule is CSCC[C@@H](CO)N1CC(CS(N)(=O)=O)CC1=O. The zero-order valence-electron chi connectivity index (χ0n) is 10.4. The van der Waals surface area contributed by atoms with Crippen molar-refractivity contribution in [2.45, 2.75) is 18.9 Å². The van der Waals surface area contributed by atoms with Gasteiger partial charge in [-0.2, -0.15) is 11.8 Å². The zero-order valence-corrected chi connectivity index (χ0v) is 12.0. The normalized spacial score (nSPS) is 22.5. The van der Waals surface area contributed by atoms with Gasteiger partial charge < -0.3 is 10.0 Å². The Bertz CT molecular complexity index is 385. The van der Waals surface area contributed by atoms with Crippen molar-refractivity contribution >= 4 is 27.7 Å². The lowest BCUT2D eigenvalue weighted by Gasteiger charge is -2.26. The Morgan fingerprint density at radius 1 is 1.61 bits per heavy atom. The summed E-state index contributed by atoms with van der Waals surface area (Å²) in [5.74, 6) is 0.338. The number of nitrogens with zero attached hydrogens (tertiary/aromatic N) is 1. The van der Waals surface area contributed by atoms with Gasteiger partial charge in [0.15, 0.2) is 0 Å². The van der Waals surface area contributed by atoms with Crippen LogP contribution in [0.1, 0.15) is 12.8 Å². The molecule has 0 aromatic carbocycles. The molecule has 0 bridgehead atoms. The van der Waals surface area contributed by atoms with Gasteiger partial charge in [0.25, 0.3) is 0 Å². The summed E-state index contributed by atoms with van der Waals surface area (Å²) in [5.41, 5.74) is 0. The summed E-state index contributed by atoms with van der Waals surface area (Å²) in [4.78, 5) is 13.4. The third-order valence-electron chi connectivity index (χ3n) is 3.01. The predicted molar refractivity (Wildman–Crippen MR) is 71.7 cm³/mol. The van der Waals surface area contributed by atoms with Crippen molar-refractivity contribution in [3.63, 3.8) is 0 Å². The highest BCUT2D eigenvalue weighted by Crippen LogP contribution is 2.22. The summed E-state index contributed by atoms with van der Waals surface area (Å²) in [5, 5.41) is 14.3. The molecule has 1 fully saturated rings. The van der Waals surface area contributed by atoms with E-state index in [1.165, 1.54) is 0 Å². The third-order valence-corrected chi connectivity index (χ3v) is 4.59. The summed E-state index contributed by atoms with van der Waals surface area (Å²) in [7, 11) is -3.55. The first-order valence-corrected chi connectivity index (χ1v) is 8.88. The molecule has 1 rings (SSSR count). The standard InChI is InChI=1S/C10H20N2O4S2/c1-17-3-2-9(6-13)12-5-8(4-10(12)14)7-18(11,15)16/h8-9,13H,2-7H2,1H3,(H2,11,15,16)/t8?,9-/m0/s1. The van der Waals surface area contributed by atoms with Gasteiger partial charge in [-0.05, 0) is 18.4 Å². The molecule has 6 nitrogen and oxygen atoms in total. The van der Waals surface area contributed by atoms with Crippen LogP contribution in [0.4, 0.5) is 0 Å². The van der Waals surface area contributed by atoms with Gasteiger partial charge >= 0.3 is 0 Å². The van der Waals surface area contributed by atoms with Crippen LogP contribution in [0.2, 0.25) is 0 Å². The van der Waals surface area contributed by atoms with Crippen LogP contribution in [0.5, 0.6) is 0 Å². The van der Waals surface area contributed by atoms with Crippen molar-refractivity contribution in [1.29, 1.82) is 0 Å². The summed E-state index contributed by atoms with van der Waals surface area (Å²) in [6, 6.07) is -0.213. The molecule has 0 spiro atoms. The van der Waals surface area contributed by atoms with E-state index >= 15 is 0 Å². The number of primary sulfonamides is 1. The van der Waals surface area contributed by atoms with Crippen LogP contribution in [0.3, 0.4) is 0 Å². The lowest BCUT2D eigenvalue weighted by Crippen LogP contribution is -2.40. The minimum Gasteiger partial charge on any atom is -0.394 e. The number of likely N-dealkylation sites (tertiary alicyclic amines) is 1. The predicted octanol–water partition coefficient (Wildman–Crippen LogP) is -0.763. The van der Waals surface area contributed by atoms with Crippen molar-refractivity contribution in [2.24, 2.45) is 11.1 Å². The first-order valence-electron chi connectivity index (χ1n) is 5.77. The summed E-state index contributed by atoms with van der Waals surface area (Å²) < 4.78 is 22.0. The molecular formula is C10H20N2O4S2. The number of aliphatic hydroxyl groups excluding tert-OH is 1. The van der Waals surface area contributed by atoms with Gasteiger partial charge in [-0.25, -0.2) is 13.6 Å². The first kappa shape index (κ1) is 15.7. The number of carbonyl (C=O) groups is 1. The minimum atomic E-state index is -3.55. The summed E-state index contributed by atoms with van der Waals surface area (Å²) in [6.45, 7) is 0.281. The van der Waals surface area contributed by atoms with Crippen LogP contribution < -0.4 is 5.14 Å². The molecule has 1 saturated heterocycles. The van der Waals surface area contributed by atoms with Crippen molar-refractivity contribution in [2.75, 3.05) is 30.9 Å². The van der Waals surface area contributed by atoms with Crippen LogP contribution in [-0.2, 0) is 14.8 Å². The van der Waals surface area contributed by atoms with Crippen molar-refractivity contribution in [3.8, 4) is 0 Å². The van der Waals surface area contributed by atoms with Gasteiger partial charge in [-0.15, -0.1) is 0 Å². The largest absolute Gasteiger partial charge is 0.394 e. The molecule has 106 valence electrons. The first-order chi connectivity index (χ1) is 8.37. The fourth-order valence-corrected chi connectivity index (χ4v) is 3.59. The van der Waals surface area contributed by atoms with Crippen LogP contribution in [0.15, 0.2) is 0 Å². The van der Waals surface area contributed by atoms with Crippen LogP contribution in [-0.4, -0.2) is 61.3 Å². The van der Waals surface area contributed by atoms with Gasteiger partial charge in [0.05, 0.1) is 18.4 Å². The van der Waals surface area contributed by atoms with E-state index in [0.717, 1.165) is 5.75 Å². The summed E-state index contributed by atoms with van der Waals surface area (Å²) in [6.07, 6.45) is 2.88. The second kappa shape index (κ2) is 6.74. The van der Waals surface area contributed by atoms with Crippen molar-refractivity contribution < 1.29 is 18.3 Å². The molecule has 0 radical (unpaired) electrons. The van der Waals surface area contributed by atoms with E-state index in [1.807, 2.05) is 6.26 Å². The molecule has 1 aliphatic heterocycles. The topological polar surface area (TPSA) is 101 Å². The second-order valence-corrected chi connectivity index (χ2v) is 7.21. The van der Waals surface area contributed by atoms with Crippen LogP contribution in [0, 0.1) is 5.92 Å². The second-order valence-electron chi connectivity index (χ2n) is 4.56. The highest BCUT2D eigenvalue weighted by Gasteiger charge is 2.35. The van der Waals surface area contributed by atoms with Gasteiger partial charge in [-0.1, -0.05) is 0 Å². The maximum Gasteiger partial charge on any atom is 0.223 e. The van der Waals surface area contributed by atoms with Gasteiger partial charge in [0.1, 0.15) is 0 Å². The van der Waals surface area contributed by atoms with Crippen molar-refractivity contribution in [1.82, 2.24) is 4.90 Å². The van der Waals surface area contributed by atoms with Crippen LogP contribution >= 0.6 is 11.8 Å². The van der Waals surface area contributed by atoms with Gasteiger partial charge in [-0.3, -0.25) is 4.79 Å². The molecule has 8 heteroatoms.